The molecular weight excluding hydrogens is 298 g/mol. The first-order valence-electron chi connectivity index (χ1n) is 8.01. The SMILES string of the molecule is NC1(C(=O)N2CCN(C(=O)c3cccs3)CC2)CCCCC1. The zero-order chi connectivity index (χ0) is 15.6. The molecule has 0 radical (unpaired) electrons. The summed E-state index contributed by atoms with van der Waals surface area (Å²) in [6.07, 6.45) is 4.84. The first kappa shape index (κ1) is 15.5. The topological polar surface area (TPSA) is 66.6 Å². The van der Waals surface area contributed by atoms with E-state index in [0.29, 0.717) is 26.2 Å². The van der Waals surface area contributed by atoms with Crippen LogP contribution in [0.3, 0.4) is 0 Å². The van der Waals surface area contributed by atoms with Gasteiger partial charge in [0.15, 0.2) is 0 Å². The van der Waals surface area contributed by atoms with Crippen LogP contribution in [0.25, 0.3) is 0 Å². The molecule has 5 nitrogen and oxygen atoms in total. The summed E-state index contributed by atoms with van der Waals surface area (Å²) in [5.74, 6) is 0.151. The number of piperazine rings is 1. The van der Waals surface area contributed by atoms with Crippen molar-refractivity contribution in [1.29, 1.82) is 0 Å². The molecule has 1 aromatic heterocycles. The van der Waals surface area contributed by atoms with Gasteiger partial charge in [-0.25, -0.2) is 0 Å². The first-order valence-corrected chi connectivity index (χ1v) is 8.89. The third-order valence-electron chi connectivity index (χ3n) is 4.76. The highest BCUT2D eigenvalue weighted by Crippen LogP contribution is 2.28. The van der Waals surface area contributed by atoms with E-state index >= 15 is 0 Å². The summed E-state index contributed by atoms with van der Waals surface area (Å²) < 4.78 is 0. The van der Waals surface area contributed by atoms with Gasteiger partial charge in [-0.15, -0.1) is 11.3 Å². The number of thiophene rings is 1. The lowest BCUT2D eigenvalue weighted by Crippen LogP contribution is -2.60. The van der Waals surface area contributed by atoms with E-state index in [9.17, 15) is 9.59 Å². The van der Waals surface area contributed by atoms with Gasteiger partial charge >= 0.3 is 0 Å². The van der Waals surface area contributed by atoms with E-state index in [1.807, 2.05) is 27.3 Å². The largest absolute Gasteiger partial charge is 0.338 e. The Morgan fingerprint density at radius 3 is 2.27 bits per heavy atom. The molecule has 6 heteroatoms. The Morgan fingerprint density at radius 1 is 1.05 bits per heavy atom. The molecule has 0 atom stereocenters. The molecule has 1 aromatic rings. The van der Waals surface area contributed by atoms with Gasteiger partial charge in [-0.2, -0.15) is 0 Å². The molecule has 1 saturated carbocycles. The number of nitrogens with zero attached hydrogens (tertiary/aromatic N) is 2. The summed E-state index contributed by atoms with van der Waals surface area (Å²) in [5.41, 5.74) is 5.67. The maximum Gasteiger partial charge on any atom is 0.264 e. The van der Waals surface area contributed by atoms with Gasteiger partial charge in [0, 0.05) is 26.2 Å². The maximum atomic E-state index is 12.7. The fourth-order valence-electron chi connectivity index (χ4n) is 3.38. The highest BCUT2D eigenvalue weighted by Gasteiger charge is 2.39. The lowest BCUT2D eigenvalue weighted by molar-refractivity contribution is -0.139. The van der Waals surface area contributed by atoms with Crippen LogP contribution in [0.2, 0.25) is 0 Å². The van der Waals surface area contributed by atoms with Crippen molar-refractivity contribution < 1.29 is 9.59 Å². The fraction of sp³-hybridized carbons (Fsp3) is 0.625. The van der Waals surface area contributed by atoms with E-state index in [1.54, 1.807) is 0 Å². The normalized spacial score (nSPS) is 21.7. The van der Waals surface area contributed by atoms with Crippen LogP contribution in [0.4, 0.5) is 0 Å². The molecule has 120 valence electrons. The van der Waals surface area contributed by atoms with Crippen LogP contribution >= 0.6 is 11.3 Å². The summed E-state index contributed by atoms with van der Waals surface area (Å²) in [4.78, 5) is 29.4. The monoisotopic (exact) mass is 321 g/mol. The zero-order valence-electron chi connectivity index (χ0n) is 12.8. The molecule has 2 heterocycles. The molecule has 1 aliphatic carbocycles. The Balaban J connectivity index is 1.57. The second-order valence-electron chi connectivity index (χ2n) is 6.28. The molecule has 0 bridgehead atoms. The van der Waals surface area contributed by atoms with E-state index in [-0.39, 0.29) is 11.8 Å². The van der Waals surface area contributed by atoms with Gasteiger partial charge < -0.3 is 15.5 Å². The smallest absolute Gasteiger partial charge is 0.264 e. The van der Waals surface area contributed by atoms with Crippen molar-refractivity contribution >= 4 is 23.2 Å². The van der Waals surface area contributed by atoms with Crippen molar-refractivity contribution in [2.75, 3.05) is 26.2 Å². The summed E-state index contributed by atoms with van der Waals surface area (Å²) in [6, 6.07) is 3.74. The van der Waals surface area contributed by atoms with Crippen LogP contribution < -0.4 is 5.73 Å². The van der Waals surface area contributed by atoms with Crippen LogP contribution in [-0.2, 0) is 4.79 Å². The van der Waals surface area contributed by atoms with E-state index in [1.165, 1.54) is 17.8 Å². The third-order valence-corrected chi connectivity index (χ3v) is 5.62. The van der Waals surface area contributed by atoms with Crippen LogP contribution in [-0.4, -0.2) is 53.3 Å². The van der Waals surface area contributed by atoms with Crippen molar-refractivity contribution in [1.82, 2.24) is 9.80 Å². The van der Waals surface area contributed by atoms with Gasteiger partial charge in [0.2, 0.25) is 5.91 Å². The second-order valence-corrected chi connectivity index (χ2v) is 7.23. The van der Waals surface area contributed by atoms with Crippen molar-refractivity contribution in [3.8, 4) is 0 Å². The molecule has 2 amide bonds. The number of hydrogen-bond donors (Lipinski definition) is 1. The minimum atomic E-state index is -0.668. The Morgan fingerprint density at radius 2 is 1.68 bits per heavy atom. The van der Waals surface area contributed by atoms with Gasteiger partial charge in [-0.3, -0.25) is 9.59 Å². The fourth-order valence-corrected chi connectivity index (χ4v) is 4.07. The maximum absolute atomic E-state index is 12.7. The van der Waals surface area contributed by atoms with E-state index in [2.05, 4.69) is 0 Å². The highest BCUT2D eigenvalue weighted by atomic mass is 32.1. The third kappa shape index (κ3) is 3.03. The summed E-state index contributed by atoms with van der Waals surface area (Å²) in [6.45, 7) is 2.38. The summed E-state index contributed by atoms with van der Waals surface area (Å²) in [5, 5.41) is 1.91. The molecule has 0 unspecified atom stereocenters. The number of amides is 2. The Bertz CT molecular complexity index is 530. The molecule has 0 spiro atoms. The van der Waals surface area contributed by atoms with Gasteiger partial charge in [-0.1, -0.05) is 25.3 Å². The van der Waals surface area contributed by atoms with Gasteiger partial charge in [0.25, 0.3) is 5.91 Å². The van der Waals surface area contributed by atoms with Crippen LogP contribution in [0.5, 0.6) is 0 Å². The number of carbonyl (C=O) groups excluding carboxylic acids is 2. The quantitative estimate of drug-likeness (QED) is 0.901. The second kappa shape index (κ2) is 6.38. The van der Waals surface area contributed by atoms with Gasteiger partial charge in [-0.05, 0) is 24.3 Å². The van der Waals surface area contributed by atoms with Gasteiger partial charge in [0.05, 0.1) is 10.4 Å². The van der Waals surface area contributed by atoms with E-state index in [0.717, 1.165) is 30.6 Å². The van der Waals surface area contributed by atoms with Crippen molar-refractivity contribution in [2.24, 2.45) is 5.73 Å². The van der Waals surface area contributed by atoms with Crippen molar-refractivity contribution in [3.05, 3.63) is 22.4 Å². The summed E-state index contributed by atoms with van der Waals surface area (Å²) in [7, 11) is 0. The Kier molecular flexibility index (Phi) is 4.49. The predicted octanol–water partition coefficient (Wildman–Crippen LogP) is 1.69. The van der Waals surface area contributed by atoms with E-state index in [4.69, 9.17) is 5.73 Å². The minimum absolute atomic E-state index is 0.0715. The lowest BCUT2D eigenvalue weighted by atomic mass is 9.81. The van der Waals surface area contributed by atoms with Crippen LogP contribution in [0, 0.1) is 0 Å². The van der Waals surface area contributed by atoms with Crippen LogP contribution in [0.1, 0.15) is 41.8 Å². The van der Waals surface area contributed by atoms with Crippen molar-refractivity contribution in [3.63, 3.8) is 0 Å². The minimum Gasteiger partial charge on any atom is -0.338 e. The molecule has 2 aliphatic rings. The molecule has 1 saturated heterocycles. The molecule has 22 heavy (non-hydrogen) atoms. The molecule has 1 aliphatic heterocycles. The average molecular weight is 321 g/mol. The molecule has 0 aromatic carbocycles. The van der Waals surface area contributed by atoms with E-state index < -0.39 is 5.54 Å². The number of hydrogen-bond acceptors (Lipinski definition) is 4. The number of nitrogens with two attached hydrogens (primary N) is 1. The van der Waals surface area contributed by atoms with Crippen molar-refractivity contribution in [2.45, 2.75) is 37.6 Å². The summed E-state index contributed by atoms with van der Waals surface area (Å²) >= 11 is 1.46. The Labute approximate surface area is 135 Å². The lowest BCUT2D eigenvalue weighted by Gasteiger charge is -2.41. The standard InChI is InChI=1S/C16H23N3O2S/c17-16(6-2-1-3-7-16)15(21)19-10-8-18(9-11-19)14(20)13-5-4-12-22-13/h4-5,12H,1-3,6-11,17H2. The molecular formula is C16H23N3O2S. The highest BCUT2D eigenvalue weighted by molar-refractivity contribution is 7.12. The predicted molar refractivity (Wildman–Crippen MR) is 86.8 cm³/mol. The molecule has 2 fully saturated rings. The molecule has 2 N–H and O–H groups in total. The molecule has 3 rings (SSSR count). The van der Waals surface area contributed by atoms with Gasteiger partial charge in [0.1, 0.15) is 0 Å². The van der Waals surface area contributed by atoms with Crippen LogP contribution in [0.15, 0.2) is 17.5 Å². The average Bonchev–Trinajstić information content (AvgIpc) is 3.09. The number of carbonyl (C=O) groups is 2. The first-order chi connectivity index (χ1) is 10.6. The Hall–Kier alpha value is -1.40. The number of rotatable bonds is 2. The zero-order valence-corrected chi connectivity index (χ0v) is 13.6.